The number of rotatable bonds is 8. The number of fused-ring (bicyclic) bond motifs is 2. The lowest BCUT2D eigenvalue weighted by molar-refractivity contribution is -0.138. The lowest BCUT2D eigenvalue weighted by Crippen LogP contribution is -2.45. The number of alkyl halides is 3. The number of hydrogen-bond donors (Lipinski definition) is 3. The number of amides is 3. The molecule has 6 rings (SSSR count). The lowest BCUT2D eigenvalue weighted by atomic mass is 10.0. The number of halogens is 3. The van der Waals surface area contributed by atoms with Crippen LogP contribution in [-0.2, 0) is 24.0 Å². The molecule has 3 fully saturated rings. The van der Waals surface area contributed by atoms with Gasteiger partial charge in [0.2, 0.25) is 0 Å². The third-order valence-corrected chi connectivity index (χ3v) is 8.63. The largest absolute Gasteiger partial charge is 0.487 e. The number of hydrogen-bond acceptors (Lipinski definition) is 7. The number of anilines is 1. The first-order chi connectivity index (χ1) is 21.5. The SMILES string of the molecule is C=C1/C(=C\C=C(/C)Oc2ccnc3c2CNC(=O)N3)O[C@@H]2[C@@H](NC(=O)c3ccc(CN4CCN(CC)CC4)c(C(F)(F)F)c3)[C@H]12. The minimum Gasteiger partial charge on any atom is -0.487 e. The Labute approximate surface area is 258 Å². The van der Waals surface area contributed by atoms with Gasteiger partial charge in [-0.2, -0.15) is 13.2 Å². The molecule has 2 aromatic rings. The summed E-state index contributed by atoms with van der Waals surface area (Å²) >= 11 is 0. The molecule has 1 aromatic heterocycles. The summed E-state index contributed by atoms with van der Waals surface area (Å²) in [5.74, 6) is 1.34. The number of benzene rings is 1. The first kappa shape index (κ1) is 30.7. The van der Waals surface area contributed by atoms with E-state index in [2.05, 4.69) is 39.3 Å². The Balaban J connectivity index is 1.06. The molecule has 4 aliphatic rings. The number of pyridine rings is 1. The van der Waals surface area contributed by atoms with Gasteiger partial charge in [0.25, 0.3) is 5.91 Å². The average Bonchev–Trinajstić information content (AvgIpc) is 3.57. The summed E-state index contributed by atoms with van der Waals surface area (Å²) in [5.41, 5.74) is 0.751. The number of likely N-dealkylation sites (N-methyl/N-ethyl adjacent to an activating group) is 1. The van der Waals surface area contributed by atoms with Crippen molar-refractivity contribution in [2.45, 2.75) is 45.3 Å². The van der Waals surface area contributed by atoms with Crippen LogP contribution in [0.2, 0.25) is 0 Å². The van der Waals surface area contributed by atoms with Crippen LogP contribution in [0.4, 0.5) is 23.8 Å². The Morgan fingerprint density at radius 1 is 1.22 bits per heavy atom. The van der Waals surface area contributed by atoms with Crippen molar-refractivity contribution < 1.29 is 32.2 Å². The van der Waals surface area contributed by atoms with E-state index < -0.39 is 17.6 Å². The van der Waals surface area contributed by atoms with Gasteiger partial charge in [0.1, 0.15) is 29.2 Å². The number of nitrogens with one attached hydrogen (secondary N) is 3. The van der Waals surface area contributed by atoms with Crippen molar-refractivity contribution >= 4 is 17.8 Å². The topological polar surface area (TPSA) is 108 Å². The van der Waals surface area contributed by atoms with Gasteiger partial charge in [0.15, 0.2) is 0 Å². The van der Waals surface area contributed by atoms with Crippen molar-refractivity contribution in [3.05, 3.63) is 88.5 Å². The van der Waals surface area contributed by atoms with Gasteiger partial charge in [-0.1, -0.05) is 19.6 Å². The van der Waals surface area contributed by atoms with Gasteiger partial charge in [-0.15, -0.1) is 0 Å². The van der Waals surface area contributed by atoms with E-state index in [1.165, 1.54) is 12.1 Å². The van der Waals surface area contributed by atoms with Crippen molar-refractivity contribution in [1.29, 1.82) is 0 Å². The van der Waals surface area contributed by atoms with Crippen molar-refractivity contribution in [2.75, 3.05) is 38.0 Å². The van der Waals surface area contributed by atoms with E-state index in [1.54, 1.807) is 31.3 Å². The van der Waals surface area contributed by atoms with Crippen molar-refractivity contribution in [1.82, 2.24) is 25.4 Å². The number of carbonyl (C=O) groups is 2. The molecule has 45 heavy (non-hydrogen) atoms. The van der Waals surface area contributed by atoms with Gasteiger partial charge in [-0.3, -0.25) is 15.0 Å². The Morgan fingerprint density at radius 3 is 2.67 bits per heavy atom. The van der Waals surface area contributed by atoms with E-state index in [4.69, 9.17) is 9.47 Å². The summed E-state index contributed by atoms with van der Waals surface area (Å²) in [6.07, 6.45) is 0.0797. The van der Waals surface area contributed by atoms with E-state index in [0.717, 1.165) is 31.3 Å². The summed E-state index contributed by atoms with van der Waals surface area (Å²) in [6.45, 7) is 12.4. The maximum absolute atomic E-state index is 14.0. The molecular weight excluding hydrogens is 589 g/mol. The normalized spacial score (nSPS) is 24.3. The van der Waals surface area contributed by atoms with E-state index in [1.807, 2.05) is 4.90 Å². The molecule has 13 heteroatoms. The summed E-state index contributed by atoms with van der Waals surface area (Å²) in [6, 6.07) is 4.82. The standard InChI is InChI=1S/C32H35F3N6O4/c1-4-40-11-13-41(14-12-40)17-21-7-6-20(15-23(21)32(33,34)35)30(42)38-27-26-19(3)24(45-28(26)27)8-5-18(2)44-25-9-10-36-29-22(25)16-37-31(43)39-29/h5-10,15,26-28H,3-4,11-14,16-17H2,1-2H3,(H,38,42)(H2,36,37,39,43)/b18-5+,24-8+/t26-,27-,28-/m0/s1. The number of aromatic nitrogens is 1. The van der Waals surface area contributed by atoms with Crippen LogP contribution in [0.1, 0.15) is 40.9 Å². The average molecular weight is 625 g/mol. The molecule has 0 bridgehead atoms. The van der Waals surface area contributed by atoms with Gasteiger partial charge in [-0.25, -0.2) is 9.78 Å². The van der Waals surface area contributed by atoms with Crippen LogP contribution in [0, 0.1) is 5.92 Å². The third kappa shape index (κ3) is 6.54. The Bertz CT molecular complexity index is 1580. The summed E-state index contributed by atoms with van der Waals surface area (Å²) < 4.78 is 54.0. The summed E-state index contributed by atoms with van der Waals surface area (Å²) in [4.78, 5) is 33.0. The molecule has 3 amide bonds. The van der Waals surface area contributed by atoms with Crippen molar-refractivity contribution in [2.24, 2.45) is 5.92 Å². The van der Waals surface area contributed by atoms with Crippen LogP contribution in [0.25, 0.3) is 0 Å². The predicted molar refractivity (Wildman–Crippen MR) is 160 cm³/mol. The fourth-order valence-electron chi connectivity index (χ4n) is 5.98. The van der Waals surface area contributed by atoms with Gasteiger partial charge < -0.3 is 25.0 Å². The molecule has 3 N–H and O–H groups in total. The van der Waals surface area contributed by atoms with Gasteiger partial charge in [0.05, 0.1) is 23.7 Å². The first-order valence-electron chi connectivity index (χ1n) is 14.9. The molecule has 10 nitrogen and oxygen atoms in total. The number of nitrogens with zero attached hydrogens (tertiary/aromatic N) is 3. The molecule has 0 unspecified atom stereocenters. The van der Waals surface area contributed by atoms with Crippen LogP contribution < -0.4 is 20.7 Å². The molecule has 0 spiro atoms. The second-order valence-corrected chi connectivity index (χ2v) is 11.6. The van der Waals surface area contributed by atoms with Crippen LogP contribution in [-0.4, -0.2) is 71.6 Å². The highest BCUT2D eigenvalue weighted by atomic mass is 19.4. The quantitative estimate of drug-likeness (QED) is 0.374. The van der Waals surface area contributed by atoms with Gasteiger partial charge >= 0.3 is 12.2 Å². The minimum absolute atomic E-state index is 0.0444. The molecule has 238 valence electrons. The number of ether oxygens (including phenoxy) is 2. The van der Waals surface area contributed by atoms with Crippen LogP contribution in [0.5, 0.6) is 5.75 Å². The number of urea groups is 1. The number of allylic oxidation sites excluding steroid dienone is 4. The monoisotopic (exact) mass is 624 g/mol. The Hall–Kier alpha value is -4.36. The van der Waals surface area contributed by atoms with Gasteiger partial charge in [0, 0.05) is 50.4 Å². The van der Waals surface area contributed by atoms with Gasteiger partial charge in [-0.05, 0) is 55.0 Å². The summed E-state index contributed by atoms with van der Waals surface area (Å²) in [7, 11) is 0. The molecule has 3 aliphatic heterocycles. The molecular formula is C32H35F3N6O4. The molecule has 1 aromatic carbocycles. The molecule has 4 heterocycles. The lowest BCUT2D eigenvalue weighted by Gasteiger charge is -2.34. The second kappa shape index (κ2) is 12.2. The van der Waals surface area contributed by atoms with Crippen LogP contribution in [0.3, 0.4) is 0 Å². The molecule has 1 saturated carbocycles. The Kier molecular flexibility index (Phi) is 8.31. The van der Waals surface area contributed by atoms with Crippen LogP contribution >= 0.6 is 0 Å². The maximum Gasteiger partial charge on any atom is 0.416 e. The predicted octanol–water partition coefficient (Wildman–Crippen LogP) is 4.42. The van der Waals surface area contributed by atoms with Crippen LogP contribution in [0.15, 0.2) is 66.3 Å². The van der Waals surface area contributed by atoms with Crippen molar-refractivity contribution in [3.63, 3.8) is 0 Å². The zero-order valence-electron chi connectivity index (χ0n) is 25.0. The highest BCUT2D eigenvalue weighted by Gasteiger charge is 2.60. The fourth-order valence-corrected chi connectivity index (χ4v) is 5.98. The second-order valence-electron chi connectivity index (χ2n) is 11.6. The number of piperazine rings is 1. The smallest absolute Gasteiger partial charge is 0.416 e. The highest BCUT2D eigenvalue weighted by Crippen LogP contribution is 2.51. The summed E-state index contributed by atoms with van der Waals surface area (Å²) in [5, 5.41) is 8.15. The third-order valence-electron chi connectivity index (χ3n) is 8.63. The minimum atomic E-state index is -4.58. The number of carbonyl (C=O) groups excluding carboxylic acids is 2. The molecule has 3 atom stereocenters. The van der Waals surface area contributed by atoms with E-state index in [-0.39, 0.29) is 48.3 Å². The zero-order valence-corrected chi connectivity index (χ0v) is 25.0. The van der Waals surface area contributed by atoms with E-state index in [9.17, 15) is 22.8 Å². The Morgan fingerprint density at radius 2 is 1.98 bits per heavy atom. The van der Waals surface area contributed by atoms with E-state index in [0.29, 0.717) is 41.7 Å². The van der Waals surface area contributed by atoms with Crippen molar-refractivity contribution in [3.8, 4) is 5.75 Å². The zero-order chi connectivity index (χ0) is 31.9. The highest BCUT2D eigenvalue weighted by molar-refractivity contribution is 5.95. The molecule has 1 aliphatic carbocycles. The molecule has 0 radical (unpaired) electrons. The fraction of sp³-hybridized carbons (Fsp3) is 0.406. The molecule has 2 saturated heterocycles. The van der Waals surface area contributed by atoms with E-state index >= 15 is 0 Å². The maximum atomic E-state index is 14.0. The first-order valence-corrected chi connectivity index (χ1v) is 14.9.